The second-order valence-electron chi connectivity index (χ2n) is 19.1. The topological polar surface area (TPSA) is 119 Å². The van der Waals surface area contributed by atoms with Crippen molar-refractivity contribution in [3.63, 3.8) is 0 Å². The third-order valence-corrected chi connectivity index (χ3v) is 15.1. The van der Waals surface area contributed by atoms with E-state index in [2.05, 4.69) is 80.8 Å². The number of H-pyrrole nitrogens is 1. The molecule has 5 aromatic carbocycles. The average Bonchev–Trinajstić information content (AvgIpc) is 3.79. The molecule has 66 heavy (non-hydrogen) atoms. The summed E-state index contributed by atoms with van der Waals surface area (Å²) in [4.78, 5) is 24.6. The van der Waals surface area contributed by atoms with Crippen LogP contribution in [0.5, 0.6) is 11.5 Å². The highest BCUT2D eigenvalue weighted by Gasteiger charge is 2.28. The molecule has 3 aliphatic heterocycles. The van der Waals surface area contributed by atoms with Crippen LogP contribution in [-0.2, 0) is 26.7 Å². The largest absolute Gasteiger partial charge is 0.456 e. The maximum absolute atomic E-state index is 14.1. The number of anilines is 2. The Morgan fingerprint density at radius 2 is 1.59 bits per heavy atom. The van der Waals surface area contributed by atoms with E-state index in [9.17, 15) is 13.2 Å². The Morgan fingerprint density at radius 3 is 2.32 bits per heavy atom. The number of piperidine rings is 1. The Bertz CT molecular complexity index is 2780. The molecule has 9 rings (SSSR count). The normalized spacial score (nSPS) is 17.3. The zero-order valence-corrected chi connectivity index (χ0v) is 40.0. The Morgan fingerprint density at radius 1 is 0.833 bits per heavy atom. The number of ether oxygens (including phenoxy) is 2. The molecule has 3 aliphatic rings. The Labute approximate surface area is 394 Å². The van der Waals surface area contributed by atoms with Crippen LogP contribution in [0.4, 0.5) is 11.4 Å². The maximum Gasteiger partial charge on any atom is 0.268 e. The predicted octanol–water partition coefficient (Wildman–Crippen LogP) is 10.4. The predicted molar refractivity (Wildman–Crippen MR) is 266 cm³/mol. The number of benzene rings is 5. The highest BCUT2D eigenvalue weighted by molar-refractivity contribution is 7.90. The van der Waals surface area contributed by atoms with Crippen LogP contribution in [0.1, 0.15) is 73.5 Å². The molecule has 0 spiro atoms. The van der Waals surface area contributed by atoms with Gasteiger partial charge in [0, 0.05) is 111 Å². The molecule has 1 aromatic heterocycles. The van der Waals surface area contributed by atoms with E-state index >= 15 is 0 Å². The van der Waals surface area contributed by atoms with Crippen LogP contribution in [0.2, 0.25) is 5.02 Å². The van der Waals surface area contributed by atoms with E-state index in [1.54, 1.807) is 24.3 Å². The summed E-state index contributed by atoms with van der Waals surface area (Å²) in [7, 11) is -4.23. The lowest BCUT2D eigenvalue weighted by Gasteiger charge is -2.39. The number of nitrogens with one attached hydrogen (secondary N) is 3. The fourth-order valence-corrected chi connectivity index (χ4v) is 10.7. The summed E-state index contributed by atoms with van der Waals surface area (Å²) in [5.74, 6) is 0.0276. The Hall–Kier alpha value is -5.37. The number of fused-ring (bicyclic) bond motifs is 1. The first-order valence-electron chi connectivity index (χ1n) is 23.3. The standard InChI is InChI=1S/C53H61ClN6O5S/c1-36-31-46(13-16-49(36)56-42-18-23-59(24-19-42)43-20-29-64-30-21-43)66(62,63)57-52(61)47-14-11-44(34-51(47)65-45-12-15-50-38(32-45)17-22-55-50)60-27-25-58(26-28-60)35-39-5-8-40(53(2,3)4)33-48(39)37-6-9-41(54)10-7-37/h5-17,22,31-34,42-43,55-56H,18-21,23-30,35H2,1-4H3,(H,57,61). The molecular weight excluding hydrogens is 868 g/mol. The molecule has 4 heterocycles. The fourth-order valence-electron chi connectivity index (χ4n) is 9.57. The summed E-state index contributed by atoms with van der Waals surface area (Å²) in [6.07, 6.45) is 6.08. The number of sulfonamides is 1. The first-order valence-corrected chi connectivity index (χ1v) is 25.1. The number of hydrogen-bond donors (Lipinski definition) is 3. The van der Waals surface area contributed by atoms with E-state index in [0.717, 1.165) is 118 Å². The smallest absolute Gasteiger partial charge is 0.268 e. The summed E-state index contributed by atoms with van der Waals surface area (Å²) in [6, 6.07) is 33.8. The van der Waals surface area contributed by atoms with E-state index in [4.69, 9.17) is 21.1 Å². The summed E-state index contributed by atoms with van der Waals surface area (Å²) in [5, 5.41) is 5.33. The van der Waals surface area contributed by atoms with Gasteiger partial charge in [-0.25, -0.2) is 13.1 Å². The molecule has 0 aliphatic carbocycles. The minimum absolute atomic E-state index is 0.0134. The van der Waals surface area contributed by atoms with Crippen LogP contribution >= 0.6 is 11.6 Å². The van der Waals surface area contributed by atoms with E-state index in [-0.39, 0.29) is 21.6 Å². The van der Waals surface area contributed by atoms with E-state index in [0.29, 0.717) is 22.9 Å². The number of carbonyl (C=O) groups is 1. The van der Waals surface area contributed by atoms with Gasteiger partial charge in [0.25, 0.3) is 15.9 Å². The van der Waals surface area contributed by atoms with Gasteiger partial charge in [-0.15, -0.1) is 0 Å². The van der Waals surface area contributed by atoms with Crippen LogP contribution in [-0.4, -0.2) is 93.7 Å². The number of hydrogen-bond acceptors (Lipinski definition) is 9. The van der Waals surface area contributed by atoms with Crippen molar-refractivity contribution >= 4 is 49.8 Å². The van der Waals surface area contributed by atoms with Gasteiger partial charge >= 0.3 is 0 Å². The third kappa shape index (κ3) is 10.6. The van der Waals surface area contributed by atoms with Crippen molar-refractivity contribution < 1.29 is 22.7 Å². The highest BCUT2D eigenvalue weighted by Crippen LogP contribution is 2.35. The van der Waals surface area contributed by atoms with Crippen molar-refractivity contribution in [3.8, 4) is 22.6 Å². The molecule has 3 saturated heterocycles. The second-order valence-corrected chi connectivity index (χ2v) is 21.2. The molecule has 0 atom stereocenters. The third-order valence-electron chi connectivity index (χ3n) is 13.6. The van der Waals surface area contributed by atoms with Crippen molar-refractivity contribution in [2.24, 2.45) is 0 Å². The van der Waals surface area contributed by atoms with Gasteiger partial charge in [-0.2, -0.15) is 0 Å². The first kappa shape index (κ1) is 45.8. The van der Waals surface area contributed by atoms with E-state index < -0.39 is 15.9 Å². The molecule has 6 aromatic rings. The van der Waals surface area contributed by atoms with Gasteiger partial charge in [-0.3, -0.25) is 9.69 Å². The molecule has 13 heteroatoms. The maximum atomic E-state index is 14.1. The summed E-state index contributed by atoms with van der Waals surface area (Å²) < 4.78 is 42.1. The zero-order chi connectivity index (χ0) is 46.0. The first-order chi connectivity index (χ1) is 31.8. The van der Waals surface area contributed by atoms with Crippen molar-refractivity contribution in [1.82, 2.24) is 19.5 Å². The number of aryl methyl sites for hydroxylation is 1. The number of aromatic nitrogens is 1. The molecule has 1 amide bonds. The Balaban J connectivity index is 0.891. The SMILES string of the molecule is Cc1cc(S(=O)(=O)NC(=O)c2ccc(N3CCN(Cc4ccc(C(C)(C)C)cc4-c4ccc(Cl)cc4)CC3)cc2Oc2ccc3[nH]ccc3c2)ccc1NC1CCN(C2CCOCC2)CC1. The molecule has 3 fully saturated rings. The van der Waals surface area contributed by atoms with Crippen LogP contribution < -0.4 is 19.7 Å². The molecule has 0 radical (unpaired) electrons. The highest BCUT2D eigenvalue weighted by atomic mass is 35.5. The van der Waals surface area contributed by atoms with Crippen LogP contribution in [0.15, 0.2) is 114 Å². The van der Waals surface area contributed by atoms with Gasteiger partial charge in [0.15, 0.2) is 0 Å². The quantitative estimate of drug-likeness (QED) is 0.110. The average molecular weight is 930 g/mol. The van der Waals surface area contributed by atoms with Crippen LogP contribution in [0.3, 0.4) is 0 Å². The fraction of sp³-hybridized carbons (Fsp3) is 0.377. The van der Waals surface area contributed by atoms with Gasteiger partial charge in [-0.1, -0.05) is 62.7 Å². The number of likely N-dealkylation sites (tertiary alicyclic amines) is 1. The summed E-state index contributed by atoms with van der Waals surface area (Å²) in [5.41, 5.74) is 8.57. The van der Waals surface area contributed by atoms with Crippen LogP contribution in [0, 0.1) is 6.92 Å². The van der Waals surface area contributed by atoms with Gasteiger partial charge in [0.2, 0.25) is 0 Å². The van der Waals surface area contributed by atoms with Gasteiger partial charge in [0.05, 0.1) is 10.5 Å². The van der Waals surface area contributed by atoms with Crippen molar-refractivity contribution in [2.45, 2.75) is 82.3 Å². The van der Waals surface area contributed by atoms with Gasteiger partial charge < -0.3 is 29.6 Å². The molecule has 0 bridgehead atoms. The number of aromatic amines is 1. The minimum Gasteiger partial charge on any atom is -0.456 e. The van der Waals surface area contributed by atoms with Gasteiger partial charge in [-0.05, 0) is 133 Å². The van der Waals surface area contributed by atoms with Gasteiger partial charge in [0.1, 0.15) is 11.5 Å². The lowest BCUT2D eigenvalue weighted by atomic mass is 9.84. The number of amides is 1. The summed E-state index contributed by atoms with van der Waals surface area (Å²) in [6.45, 7) is 16.3. The molecule has 346 valence electrons. The molecule has 11 nitrogen and oxygen atoms in total. The van der Waals surface area contributed by atoms with Crippen LogP contribution in [0.25, 0.3) is 22.0 Å². The summed E-state index contributed by atoms with van der Waals surface area (Å²) >= 11 is 6.28. The lowest BCUT2D eigenvalue weighted by Crippen LogP contribution is -2.46. The molecule has 3 N–H and O–H groups in total. The number of carbonyl (C=O) groups excluding carboxylic acids is 1. The molecule has 0 saturated carbocycles. The molecular formula is C53H61ClN6O5S. The monoisotopic (exact) mass is 928 g/mol. The van der Waals surface area contributed by atoms with Crippen molar-refractivity contribution in [3.05, 3.63) is 137 Å². The second kappa shape index (κ2) is 19.5. The lowest BCUT2D eigenvalue weighted by molar-refractivity contribution is 0.0262. The zero-order valence-electron chi connectivity index (χ0n) is 38.4. The Kier molecular flexibility index (Phi) is 13.5. The number of rotatable bonds is 12. The number of nitrogens with zero attached hydrogens (tertiary/aromatic N) is 3. The number of piperazine rings is 1. The minimum atomic E-state index is -4.23. The van der Waals surface area contributed by atoms with E-state index in [1.165, 1.54) is 16.7 Å². The van der Waals surface area contributed by atoms with Crippen molar-refractivity contribution in [1.29, 1.82) is 0 Å². The molecule has 0 unspecified atom stereocenters. The van der Waals surface area contributed by atoms with E-state index in [1.807, 2.05) is 61.7 Å². The van der Waals surface area contributed by atoms with Crippen molar-refractivity contribution in [2.75, 3.05) is 62.7 Å². The number of halogens is 1.